The third-order valence-electron chi connectivity index (χ3n) is 4.68. The van der Waals surface area contributed by atoms with Crippen LogP contribution in [-0.2, 0) is 11.3 Å². The van der Waals surface area contributed by atoms with E-state index in [4.69, 9.17) is 4.74 Å². The summed E-state index contributed by atoms with van der Waals surface area (Å²) in [6.45, 7) is 3.89. The molecule has 0 spiro atoms. The zero-order valence-electron chi connectivity index (χ0n) is 16.7. The summed E-state index contributed by atoms with van der Waals surface area (Å²) in [5.41, 5.74) is 0.953. The highest BCUT2D eigenvalue weighted by atomic mass is 19.1. The molecule has 154 valence electrons. The van der Waals surface area contributed by atoms with Gasteiger partial charge in [-0.25, -0.2) is 9.37 Å². The van der Waals surface area contributed by atoms with E-state index in [0.29, 0.717) is 37.1 Å². The van der Waals surface area contributed by atoms with Gasteiger partial charge in [-0.1, -0.05) is 19.1 Å². The number of amides is 1. The zero-order valence-corrected chi connectivity index (χ0v) is 16.7. The van der Waals surface area contributed by atoms with Gasteiger partial charge in [-0.05, 0) is 24.1 Å². The van der Waals surface area contributed by atoms with Crippen LogP contribution in [-0.4, -0.2) is 47.9 Å². The van der Waals surface area contributed by atoms with Crippen molar-refractivity contribution in [2.24, 2.45) is 4.99 Å². The molecule has 1 unspecified atom stereocenters. The van der Waals surface area contributed by atoms with Crippen molar-refractivity contribution in [2.75, 3.05) is 20.1 Å². The molecular formula is C21H26FN5O2. The van der Waals surface area contributed by atoms with Crippen LogP contribution in [0.4, 0.5) is 4.39 Å². The van der Waals surface area contributed by atoms with E-state index in [1.807, 2.05) is 17.9 Å². The van der Waals surface area contributed by atoms with Gasteiger partial charge in [-0.3, -0.25) is 9.79 Å². The molecule has 0 radical (unpaired) electrons. The third-order valence-corrected chi connectivity index (χ3v) is 4.68. The van der Waals surface area contributed by atoms with E-state index in [1.54, 1.807) is 31.4 Å². The molecule has 0 bridgehead atoms. The molecular weight excluding hydrogens is 373 g/mol. The second-order valence-corrected chi connectivity index (χ2v) is 6.81. The average Bonchev–Trinajstić information content (AvgIpc) is 3.20. The maximum absolute atomic E-state index is 13.2. The number of nitrogens with one attached hydrogen (secondary N) is 2. The third kappa shape index (κ3) is 5.91. The minimum absolute atomic E-state index is 0.184. The topological polar surface area (TPSA) is 78.9 Å². The van der Waals surface area contributed by atoms with Crippen molar-refractivity contribution >= 4 is 11.9 Å². The first-order chi connectivity index (χ1) is 14.1. The lowest BCUT2D eigenvalue weighted by atomic mass is 10.2. The van der Waals surface area contributed by atoms with Gasteiger partial charge in [0.2, 0.25) is 11.8 Å². The number of halogens is 1. The minimum atomic E-state index is -0.355. The quantitative estimate of drug-likeness (QED) is 0.577. The number of likely N-dealkylation sites (tertiary alicyclic amines) is 1. The molecule has 29 heavy (non-hydrogen) atoms. The van der Waals surface area contributed by atoms with Gasteiger partial charge < -0.3 is 20.3 Å². The first-order valence-electron chi connectivity index (χ1n) is 9.70. The maximum atomic E-state index is 13.2. The van der Waals surface area contributed by atoms with E-state index in [9.17, 15) is 9.18 Å². The summed E-state index contributed by atoms with van der Waals surface area (Å²) in [7, 11) is 1.72. The van der Waals surface area contributed by atoms with Crippen molar-refractivity contribution in [3.8, 4) is 11.6 Å². The molecule has 1 fully saturated rings. The molecule has 7 nitrogen and oxygen atoms in total. The monoisotopic (exact) mass is 399 g/mol. The first-order valence-corrected chi connectivity index (χ1v) is 9.70. The van der Waals surface area contributed by atoms with Crippen LogP contribution in [0.1, 0.15) is 25.3 Å². The Morgan fingerprint density at radius 2 is 2.24 bits per heavy atom. The van der Waals surface area contributed by atoms with Crippen molar-refractivity contribution in [1.82, 2.24) is 20.5 Å². The number of aliphatic imine (C=N–C) groups is 1. The van der Waals surface area contributed by atoms with Crippen molar-refractivity contribution in [2.45, 2.75) is 32.4 Å². The zero-order chi connectivity index (χ0) is 20.6. The SMILES string of the molecule is CCC(=O)N1CCC(NC(=NC)NCc2ccc(Oc3cccc(F)c3)nc2)C1. The van der Waals surface area contributed by atoms with Gasteiger partial charge in [0.05, 0.1) is 0 Å². The molecule has 0 saturated carbocycles. The number of pyridine rings is 1. The molecule has 1 aromatic carbocycles. The Morgan fingerprint density at radius 1 is 1.38 bits per heavy atom. The van der Waals surface area contributed by atoms with Gasteiger partial charge in [-0.2, -0.15) is 0 Å². The molecule has 8 heteroatoms. The Balaban J connectivity index is 1.48. The lowest BCUT2D eigenvalue weighted by Crippen LogP contribution is -2.44. The lowest BCUT2D eigenvalue weighted by Gasteiger charge is -2.18. The van der Waals surface area contributed by atoms with Crippen LogP contribution >= 0.6 is 0 Å². The minimum Gasteiger partial charge on any atom is -0.439 e. The van der Waals surface area contributed by atoms with Gasteiger partial charge in [-0.15, -0.1) is 0 Å². The molecule has 1 aromatic heterocycles. The summed E-state index contributed by atoms with van der Waals surface area (Å²) in [6.07, 6.45) is 3.14. The molecule has 2 aromatic rings. The number of hydrogen-bond donors (Lipinski definition) is 2. The smallest absolute Gasteiger partial charge is 0.222 e. The van der Waals surface area contributed by atoms with Crippen LogP contribution in [0.25, 0.3) is 0 Å². The van der Waals surface area contributed by atoms with Crippen LogP contribution in [0.5, 0.6) is 11.6 Å². The van der Waals surface area contributed by atoms with Crippen molar-refractivity contribution in [1.29, 1.82) is 0 Å². The summed E-state index contributed by atoms with van der Waals surface area (Å²) in [5.74, 6) is 1.31. The van der Waals surface area contributed by atoms with E-state index in [2.05, 4.69) is 20.6 Å². The summed E-state index contributed by atoms with van der Waals surface area (Å²) in [5, 5.41) is 6.61. The standard InChI is InChI=1S/C21H26FN5O2/c1-3-20(28)27-10-9-17(14-27)26-21(23-2)25-13-15-7-8-19(24-12-15)29-18-6-4-5-16(22)11-18/h4-8,11-12,17H,3,9-10,13-14H2,1-2H3,(H2,23,25,26). The number of carbonyl (C=O) groups is 1. The number of nitrogens with zero attached hydrogens (tertiary/aromatic N) is 3. The number of guanidine groups is 1. The van der Waals surface area contributed by atoms with Crippen molar-refractivity contribution in [3.63, 3.8) is 0 Å². The number of aromatic nitrogens is 1. The fourth-order valence-electron chi connectivity index (χ4n) is 3.13. The number of hydrogen-bond acceptors (Lipinski definition) is 4. The first kappa shape index (κ1) is 20.6. The van der Waals surface area contributed by atoms with Gasteiger partial charge in [0.1, 0.15) is 11.6 Å². The lowest BCUT2D eigenvalue weighted by molar-refractivity contribution is -0.129. The van der Waals surface area contributed by atoms with E-state index < -0.39 is 0 Å². The Kier molecular flexibility index (Phi) is 6.99. The van der Waals surface area contributed by atoms with E-state index in [-0.39, 0.29) is 17.8 Å². The van der Waals surface area contributed by atoms with Crippen molar-refractivity contribution in [3.05, 3.63) is 54.0 Å². The van der Waals surface area contributed by atoms with Gasteiger partial charge in [0.25, 0.3) is 0 Å². The molecule has 1 saturated heterocycles. The molecule has 1 amide bonds. The summed E-state index contributed by atoms with van der Waals surface area (Å²) < 4.78 is 18.8. The summed E-state index contributed by atoms with van der Waals surface area (Å²) in [4.78, 5) is 22.2. The highest BCUT2D eigenvalue weighted by Crippen LogP contribution is 2.20. The van der Waals surface area contributed by atoms with E-state index >= 15 is 0 Å². The number of carbonyl (C=O) groups excluding carboxylic acids is 1. The summed E-state index contributed by atoms with van der Waals surface area (Å²) in [6, 6.07) is 9.75. The second-order valence-electron chi connectivity index (χ2n) is 6.81. The fraction of sp³-hybridized carbons (Fsp3) is 0.381. The van der Waals surface area contributed by atoms with Crippen LogP contribution < -0.4 is 15.4 Å². The van der Waals surface area contributed by atoms with Gasteiger partial charge >= 0.3 is 0 Å². The molecule has 3 rings (SSSR count). The predicted octanol–water partition coefficient (Wildman–Crippen LogP) is 2.69. The Bertz CT molecular complexity index is 856. The molecule has 2 N–H and O–H groups in total. The fourth-order valence-corrected chi connectivity index (χ4v) is 3.13. The Labute approximate surface area is 170 Å². The molecule has 0 aliphatic carbocycles. The second kappa shape index (κ2) is 9.86. The predicted molar refractivity (Wildman–Crippen MR) is 109 cm³/mol. The molecule has 1 aliphatic heterocycles. The maximum Gasteiger partial charge on any atom is 0.222 e. The highest BCUT2D eigenvalue weighted by Gasteiger charge is 2.25. The number of benzene rings is 1. The van der Waals surface area contributed by atoms with E-state index in [1.165, 1.54) is 12.1 Å². The largest absolute Gasteiger partial charge is 0.439 e. The Hall–Kier alpha value is -3.16. The van der Waals surface area contributed by atoms with Gasteiger partial charge in [0, 0.05) is 57.5 Å². The van der Waals surface area contributed by atoms with Gasteiger partial charge in [0.15, 0.2) is 5.96 Å². The molecule has 2 heterocycles. The van der Waals surface area contributed by atoms with Crippen LogP contribution in [0, 0.1) is 5.82 Å². The normalized spacial score (nSPS) is 16.6. The van der Waals surface area contributed by atoms with Crippen LogP contribution in [0.2, 0.25) is 0 Å². The number of ether oxygens (including phenoxy) is 1. The molecule has 1 atom stereocenters. The van der Waals surface area contributed by atoms with Crippen LogP contribution in [0.15, 0.2) is 47.6 Å². The molecule has 1 aliphatic rings. The van der Waals surface area contributed by atoms with Crippen molar-refractivity contribution < 1.29 is 13.9 Å². The van der Waals surface area contributed by atoms with E-state index in [0.717, 1.165) is 18.5 Å². The Morgan fingerprint density at radius 3 is 2.93 bits per heavy atom. The highest BCUT2D eigenvalue weighted by molar-refractivity contribution is 5.80. The van der Waals surface area contributed by atoms with Crippen LogP contribution in [0.3, 0.4) is 0 Å². The number of rotatable bonds is 6. The summed E-state index contributed by atoms with van der Waals surface area (Å²) >= 11 is 0. The average molecular weight is 399 g/mol.